The van der Waals surface area contributed by atoms with Crippen molar-refractivity contribution in [2.75, 3.05) is 5.32 Å². The zero-order chi connectivity index (χ0) is 13.7. The van der Waals surface area contributed by atoms with Gasteiger partial charge in [-0.1, -0.05) is 29.3 Å². The number of amides is 1. The van der Waals surface area contributed by atoms with Gasteiger partial charge in [-0.25, -0.2) is 9.97 Å². The topological polar surface area (TPSA) is 54.9 Å². The van der Waals surface area contributed by atoms with E-state index < -0.39 is 0 Å². The highest BCUT2D eigenvalue weighted by Gasteiger charge is 2.07. The minimum absolute atomic E-state index is 0.155. The summed E-state index contributed by atoms with van der Waals surface area (Å²) in [5.41, 5.74) is 0.884. The van der Waals surface area contributed by atoms with Gasteiger partial charge in [-0.15, -0.1) is 0 Å². The molecule has 6 heteroatoms. The lowest BCUT2D eigenvalue weighted by Crippen LogP contribution is -2.14. The van der Waals surface area contributed by atoms with E-state index in [-0.39, 0.29) is 5.91 Å². The van der Waals surface area contributed by atoms with E-state index >= 15 is 0 Å². The molecule has 4 nitrogen and oxygen atoms in total. The molecule has 2 rings (SSSR count). The van der Waals surface area contributed by atoms with Crippen molar-refractivity contribution < 1.29 is 4.79 Å². The summed E-state index contributed by atoms with van der Waals surface area (Å²) in [5, 5.41) is 3.76. The molecular formula is C13H11Cl2N3O. The van der Waals surface area contributed by atoms with Crippen LogP contribution in [-0.4, -0.2) is 15.9 Å². The van der Waals surface area contributed by atoms with Gasteiger partial charge >= 0.3 is 0 Å². The van der Waals surface area contributed by atoms with Crippen molar-refractivity contribution in [1.82, 2.24) is 9.97 Å². The van der Waals surface area contributed by atoms with Crippen molar-refractivity contribution in [3.63, 3.8) is 0 Å². The molecule has 0 aliphatic carbocycles. The van der Waals surface area contributed by atoms with E-state index in [4.69, 9.17) is 23.2 Å². The van der Waals surface area contributed by atoms with Crippen molar-refractivity contribution >= 4 is 35.1 Å². The predicted molar refractivity (Wildman–Crippen MR) is 75.4 cm³/mol. The standard InChI is InChI=1S/C13H11Cl2N3O/c14-10-4-2-9(11(15)8-10)3-5-12(19)18-13-16-6-1-7-17-13/h1-2,4,6-8H,3,5H2,(H,16,17,18,19). The molecule has 0 unspecified atom stereocenters. The lowest BCUT2D eigenvalue weighted by molar-refractivity contribution is -0.116. The molecule has 2 aromatic rings. The number of anilines is 1. The van der Waals surface area contributed by atoms with E-state index in [1.165, 1.54) is 0 Å². The first kappa shape index (κ1) is 13.8. The van der Waals surface area contributed by atoms with Gasteiger partial charge in [-0.3, -0.25) is 10.1 Å². The summed E-state index contributed by atoms with van der Waals surface area (Å²) < 4.78 is 0. The van der Waals surface area contributed by atoms with Gasteiger partial charge in [-0.2, -0.15) is 0 Å². The van der Waals surface area contributed by atoms with Gasteiger partial charge in [0.05, 0.1) is 0 Å². The third kappa shape index (κ3) is 4.19. The first-order chi connectivity index (χ1) is 9.15. The smallest absolute Gasteiger partial charge is 0.229 e. The highest BCUT2D eigenvalue weighted by molar-refractivity contribution is 6.35. The number of aromatic nitrogens is 2. The fourth-order valence-corrected chi connectivity index (χ4v) is 2.03. The number of halogens is 2. The van der Waals surface area contributed by atoms with Crippen molar-refractivity contribution in [2.24, 2.45) is 0 Å². The summed E-state index contributed by atoms with van der Waals surface area (Å²) in [7, 11) is 0. The molecule has 0 atom stereocenters. The van der Waals surface area contributed by atoms with Gasteiger partial charge in [-0.05, 0) is 30.2 Å². The van der Waals surface area contributed by atoms with Gasteiger partial charge in [0.25, 0.3) is 0 Å². The van der Waals surface area contributed by atoms with Gasteiger partial charge in [0.2, 0.25) is 11.9 Å². The number of rotatable bonds is 4. The summed E-state index contributed by atoms with van der Waals surface area (Å²) in [6.45, 7) is 0. The van der Waals surface area contributed by atoms with Crippen LogP contribution in [0.4, 0.5) is 5.95 Å². The number of nitrogens with one attached hydrogen (secondary N) is 1. The third-order valence-corrected chi connectivity index (χ3v) is 3.04. The van der Waals surface area contributed by atoms with Crippen LogP contribution in [0.3, 0.4) is 0 Å². The van der Waals surface area contributed by atoms with Gasteiger partial charge in [0.1, 0.15) is 0 Å². The maximum Gasteiger partial charge on any atom is 0.229 e. The lowest BCUT2D eigenvalue weighted by atomic mass is 10.1. The average Bonchev–Trinajstić information content (AvgIpc) is 2.39. The van der Waals surface area contributed by atoms with Crippen LogP contribution in [0.5, 0.6) is 0 Å². The van der Waals surface area contributed by atoms with Crippen LogP contribution in [0, 0.1) is 0 Å². The normalized spacial score (nSPS) is 10.2. The third-order valence-electron chi connectivity index (χ3n) is 2.45. The van der Waals surface area contributed by atoms with Crippen LogP contribution < -0.4 is 5.32 Å². The quantitative estimate of drug-likeness (QED) is 0.941. The van der Waals surface area contributed by atoms with Crippen molar-refractivity contribution in [2.45, 2.75) is 12.8 Å². The lowest BCUT2D eigenvalue weighted by Gasteiger charge is -2.05. The van der Waals surface area contributed by atoms with Crippen LogP contribution >= 0.6 is 23.2 Å². The number of nitrogens with zero attached hydrogens (tertiary/aromatic N) is 2. The van der Waals surface area contributed by atoms with Crippen LogP contribution in [-0.2, 0) is 11.2 Å². The number of benzene rings is 1. The Bertz CT molecular complexity index is 575. The molecule has 98 valence electrons. The van der Waals surface area contributed by atoms with Crippen LogP contribution in [0.1, 0.15) is 12.0 Å². The molecule has 0 bridgehead atoms. The molecule has 0 saturated heterocycles. The second-order valence-electron chi connectivity index (χ2n) is 3.86. The molecule has 0 spiro atoms. The molecule has 0 saturated carbocycles. The molecular weight excluding hydrogens is 285 g/mol. The Morgan fingerprint density at radius 2 is 1.95 bits per heavy atom. The maximum absolute atomic E-state index is 11.7. The Labute approximate surface area is 120 Å². The van der Waals surface area contributed by atoms with E-state index in [1.54, 1.807) is 30.6 Å². The number of carbonyl (C=O) groups excluding carboxylic acids is 1. The minimum Gasteiger partial charge on any atom is -0.295 e. The first-order valence-corrected chi connectivity index (χ1v) is 6.41. The molecule has 1 N–H and O–H groups in total. The predicted octanol–water partition coefficient (Wildman–Crippen LogP) is 3.35. The maximum atomic E-state index is 11.7. The highest BCUT2D eigenvalue weighted by Crippen LogP contribution is 2.22. The van der Waals surface area contributed by atoms with Gasteiger partial charge < -0.3 is 0 Å². The minimum atomic E-state index is -0.155. The zero-order valence-electron chi connectivity index (χ0n) is 9.94. The molecule has 19 heavy (non-hydrogen) atoms. The summed E-state index contributed by atoms with van der Waals surface area (Å²) in [4.78, 5) is 19.5. The Morgan fingerprint density at radius 1 is 1.21 bits per heavy atom. The molecule has 0 aliphatic rings. The van der Waals surface area contributed by atoms with E-state index in [0.717, 1.165) is 5.56 Å². The molecule has 0 fully saturated rings. The zero-order valence-corrected chi connectivity index (χ0v) is 11.4. The summed E-state index contributed by atoms with van der Waals surface area (Å²) >= 11 is 11.8. The van der Waals surface area contributed by atoms with E-state index in [9.17, 15) is 4.79 Å². The van der Waals surface area contributed by atoms with Crippen LogP contribution in [0.15, 0.2) is 36.7 Å². The van der Waals surface area contributed by atoms with E-state index in [2.05, 4.69) is 15.3 Å². The molecule has 1 amide bonds. The van der Waals surface area contributed by atoms with Crippen molar-refractivity contribution in [3.8, 4) is 0 Å². The molecule has 1 aromatic carbocycles. The van der Waals surface area contributed by atoms with Crippen molar-refractivity contribution in [3.05, 3.63) is 52.3 Å². The summed E-state index contributed by atoms with van der Waals surface area (Å²) in [5.74, 6) is 0.145. The Kier molecular flexibility index (Phi) is 4.71. The Morgan fingerprint density at radius 3 is 2.63 bits per heavy atom. The van der Waals surface area contributed by atoms with Crippen molar-refractivity contribution in [1.29, 1.82) is 0 Å². The fourth-order valence-electron chi connectivity index (χ4n) is 1.52. The summed E-state index contributed by atoms with van der Waals surface area (Å²) in [6.07, 6.45) is 3.98. The number of carbonyl (C=O) groups is 1. The molecule has 1 heterocycles. The average molecular weight is 296 g/mol. The monoisotopic (exact) mass is 295 g/mol. The van der Waals surface area contributed by atoms with Crippen LogP contribution in [0.2, 0.25) is 10.0 Å². The molecule has 1 aromatic heterocycles. The number of hydrogen-bond donors (Lipinski definition) is 1. The largest absolute Gasteiger partial charge is 0.295 e. The van der Waals surface area contributed by atoms with Gasteiger partial charge in [0, 0.05) is 28.9 Å². The fraction of sp³-hybridized carbons (Fsp3) is 0.154. The second kappa shape index (κ2) is 6.50. The Balaban J connectivity index is 1.90. The number of hydrogen-bond acceptors (Lipinski definition) is 3. The van der Waals surface area contributed by atoms with Crippen LogP contribution in [0.25, 0.3) is 0 Å². The van der Waals surface area contributed by atoms with Gasteiger partial charge in [0.15, 0.2) is 0 Å². The molecule has 0 aliphatic heterocycles. The van der Waals surface area contributed by atoms with E-state index in [0.29, 0.717) is 28.8 Å². The number of aryl methyl sites for hydroxylation is 1. The highest BCUT2D eigenvalue weighted by atomic mass is 35.5. The summed E-state index contributed by atoms with van der Waals surface area (Å²) in [6, 6.07) is 6.91. The second-order valence-corrected chi connectivity index (χ2v) is 4.70. The first-order valence-electron chi connectivity index (χ1n) is 5.66. The molecule has 0 radical (unpaired) electrons. The Hall–Kier alpha value is -1.65. The SMILES string of the molecule is O=C(CCc1ccc(Cl)cc1Cl)Nc1ncccn1. The van der Waals surface area contributed by atoms with E-state index in [1.807, 2.05) is 6.07 Å².